The molecule has 126 valence electrons. The number of amides is 1. The van der Waals surface area contributed by atoms with Gasteiger partial charge in [-0.1, -0.05) is 32.0 Å². The van der Waals surface area contributed by atoms with Crippen molar-refractivity contribution >= 4 is 17.5 Å². The van der Waals surface area contributed by atoms with Gasteiger partial charge >= 0.3 is 0 Å². The second-order valence-corrected chi connectivity index (χ2v) is 5.87. The highest BCUT2D eigenvalue weighted by Crippen LogP contribution is 2.26. The molecule has 2 aromatic rings. The van der Waals surface area contributed by atoms with E-state index in [1.807, 2.05) is 36.9 Å². The number of benzene rings is 1. The van der Waals surface area contributed by atoms with Crippen LogP contribution in [0.4, 0.5) is 11.6 Å². The van der Waals surface area contributed by atoms with Crippen molar-refractivity contribution in [1.29, 1.82) is 0 Å². The van der Waals surface area contributed by atoms with Crippen LogP contribution in [-0.2, 0) is 24.1 Å². The van der Waals surface area contributed by atoms with Gasteiger partial charge in [0.1, 0.15) is 0 Å². The molecule has 0 atom stereocenters. The van der Waals surface area contributed by atoms with Gasteiger partial charge in [0.15, 0.2) is 0 Å². The molecule has 6 heteroatoms. The third-order valence-corrected chi connectivity index (χ3v) is 4.32. The van der Waals surface area contributed by atoms with E-state index in [4.69, 9.17) is 0 Å². The van der Waals surface area contributed by atoms with Crippen molar-refractivity contribution in [3.63, 3.8) is 0 Å². The van der Waals surface area contributed by atoms with Gasteiger partial charge in [-0.3, -0.25) is 4.79 Å². The predicted octanol–water partition coefficient (Wildman–Crippen LogP) is 2.39. The number of hydrogen-bond acceptors (Lipinski definition) is 5. The van der Waals surface area contributed by atoms with Crippen LogP contribution < -0.4 is 10.2 Å². The summed E-state index contributed by atoms with van der Waals surface area (Å²) in [6.07, 6.45) is 3.64. The Morgan fingerprint density at radius 1 is 1.17 bits per heavy atom. The van der Waals surface area contributed by atoms with Crippen molar-refractivity contribution < 1.29 is 4.79 Å². The van der Waals surface area contributed by atoms with Crippen molar-refractivity contribution in [3.05, 3.63) is 41.2 Å². The molecule has 3 rings (SSSR count). The summed E-state index contributed by atoms with van der Waals surface area (Å²) in [5.41, 5.74) is 4.10. The topological polar surface area (TPSA) is 71.0 Å². The van der Waals surface area contributed by atoms with Gasteiger partial charge in [0.05, 0.1) is 17.9 Å². The molecule has 0 aliphatic carbocycles. The lowest BCUT2D eigenvalue weighted by molar-refractivity contribution is -0.117. The average molecular weight is 325 g/mol. The van der Waals surface area contributed by atoms with Gasteiger partial charge in [-0.15, -0.1) is 5.10 Å². The van der Waals surface area contributed by atoms with Gasteiger partial charge in [-0.05, 0) is 37.3 Å². The second kappa shape index (κ2) is 7.38. The van der Waals surface area contributed by atoms with Crippen LogP contribution in [0.25, 0.3) is 0 Å². The molecule has 0 spiro atoms. The van der Waals surface area contributed by atoms with Gasteiger partial charge in [0, 0.05) is 12.2 Å². The lowest BCUT2D eigenvalue weighted by atomic mass is 10.0. The van der Waals surface area contributed by atoms with E-state index in [0.29, 0.717) is 5.95 Å². The first-order valence-corrected chi connectivity index (χ1v) is 8.57. The number of rotatable bonds is 5. The number of anilines is 2. The van der Waals surface area contributed by atoms with Crippen molar-refractivity contribution in [3.8, 4) is 0 Å². The zero-order valence-electron chi connectivity index (χ0n) is 14.2. The molecule has 1 aromatic heterocycles. The van der Waals surface area contributed by atoms with Crippen molar-refractivity contribution in [2.24, 2.45) is 0 Å². The van der Waals surface area contributed by atoms with Crippen molar-refractivity contribution in [2.45, 2.75) is 39.5 Å². The number of fused-ring (bicyclic) bond motifs is 1. The molecule has 0 radical (unpaired) electrons. The van der Waals surface area contributed by atoms with E-state index in [-0.39, 0.29) is 12.5 Å². The minimum atomic E-state index is 0.0309. The monoisotopic (exact) mass is 325 g/mol. The molecule has 0 unspecified atom stereocenters. The van der Waals surface area contributed by atoms with Gasteiger partial charge in [-0.25, -0.2) is 4.98 Å². The van der Waals surface area contributed by atoms with Crippen LogP contribution in [0.3, 0.4) is 0 Å². The summed E-state index contributed by atoms with van der Waals surface area (Å²) in [5, 5.41) is 11.3. The van der Waals surface area contributed by atoms with E-state index in [2.05, 4.69) is 26.6 Å². The second-order valence-electron chi connectivity index (χ2n) is 5.87. The third-order valence-electron chi connectivity index (χ3n) is 4.32. The molecule has 0 saturated carbocycles. The highest BCUT2D eigenvalue weighted by Gasteiger charge is 2.22. The third kappa shape index (κ3) is 3.37. The van der Waals surface area contributed by atoms with Gasteiger partial charge in [-0.2, -0.15) is 5.10 Å². The number of nitrogens with zero attached hydrogens (tertiary/aromatic N) is 4. The minimum Gasteiger partial charge on any atom is -0.344 e. The van der Waals surface area contributed by atoms with E-state index in [1.54, 1.807) is 0 Å². The van der Waals surface area contributed by atoms with E-state index < -0.39 is 0 Å². The van der Waals surface area contributed by atoms with Gasteiger partial charge < -0.3 is 10.2 Å². The van der Waals surface area contributed by atoms with Crippen LogP contribution in [0.15, 0.2) is 24.3 Å². The van der Waals surface area contributed by atoms with Gasteiger partial charge in [0.25, 0.3) is 0 Å². The Hall–Kier alpha value is -2.50. The Kier molecular flexibility index (Phi) is 5.03. The molecule has 1 aliphatic rings. The first-order valence-electron chi connectivity index (χ1n) is 8.57. The summed E-state index contributed by atoms with van der Waals surface area (Å²) in [4.78, 5) is 18.9. The van der Waals surface area contributed by atoms with Crippen LogP contribution in [0.5, 0.6) is 0 Å². The van der Waals surface area contributed by atoms with E-state index in [9.17, 15) is 4.79 Å². The summed E-state index contributed by atoms with van der Waals surface area (Å²) in [6.45, 7) is 5.01. The average Bonchev–Trinajstić information content (AvgIpc) is 2.65. The highest BCUT2D eigenvalue weighted by atomic mass is 16.2. The maximum atomic E-state index is 12.6. The quantitative estimate of drug-likeness (QED) is 0.914. The van der Waals surface area contributed by atoms with Gasteiger partial charge in [0.2, 0.25) is 11.9 Å². The fourth-order valence-corrected chi connectivity index (χ4v) is 3.06. The number of carbonyl (C=O) groups is 1. The Morgan fingerprint density at radius 3 is 2.75 bits per heavy atom. The molecule has 0 fully saturated rings. The number of aryl methyl sites for hydroxylation is 3. The Labute approximate surface area is 142 Å². The van der Waals surface area contributed by atoms with E-state index >= 15 is 0 Å². The predicted molar refractivity (Wildman–Crippen MR) is 94.2 cm³/mol. The normalized spacial score (nSPS) is 13.5. The molecular weight excluding hydrogens is 302 g/mol. The summed E-state index contributed by atoms with van der Waals surface area (Å²) in [7, 11) is 0. The highest BCUT2D eigenvalue weighted by molar-refractivity contribution is 5.97. The summed E-state index contributed by atoms with van der Waals surface area (Å²) in [6, 6.07) is 8.09. The molecular formula is C18H23N5O. The fraction of sp³-hybridized carbons (Fsp3) is 0.444. The fourth-order valence-electron chi connectivity index (χ4n) is 3.06. The SMILES string of the molecule is CCc1nnc(NCC(=O)N2CCCc3ccccc32)nc1CC. The summed E-state index contributed by atoms with van der Waals surface area (Å²) < 4.78 is 0. The van der Waals surface area contributed by atoms with Crippen molar-refractivity contribution in [2.75, 3.05) is 23.3 Å². The maximum absolute atomic E-state index is 12.6. The number of nitrogens with one attached hydrogen (secondary N) is 1. The molecule has 24 heavy (non-hydrogen) atoms. The van der Waals surface area contributed by atoms with Crippen LogP contribution in [0.1, 0.15) is 37.2 Å². The zero-order chi connectivity index (χ0) is 16.9. The smallest absolute Gasteiger partial charge is 0.246 e. The molecule has 0 bridgehead atoms. The largest absolute Gasteiger partial charge is 0.344 e. The number of aromatic nitrogens is 3. The maximum Gasteiger partial charge on any atom is 0.246 e. The van der Waals surface area contributed by atoms with E-state index in [1.165, 1.54) is 5.56 Å². The van der Waals surface area contributed by atoms with E-state index in [0.717, 1.165) is 49.3 Å². The molecule has 1 aromatic carbocycles. The van der Waals surface area contributed by atoms with Crippen molar-refractivity contribution in [1.82, 2.24) is 15.2 Å². The standard InChI is InChI=1S/C18H23N5O/c1-3-14-15(4-2)21-22-18(20-14)19-12-17(24)23-11-7-9-13-8-5-6-10-16(13)23/h5-6,8,10H,3-4,7,9,11-12H2,1-2H3,(H,19,20,22). The molecule has 1 aliphatic heterocycles. The molecule has 6 nitrogen and oxygen atoms in total. The Balaban J connectivity index is 1.68. The summed E-state index contributed by atoms with van der Waals surface area (Å²) in [5.74, 6) is 0.450. The number of para-hydroxylation sites is 1. The number of hydrogen-bond donors (Lipinski definition) is 1. The zero-order valence-corrected chi connectivity index (χ0v) is 14.2. The molecule has 1 amide bonds. The Morgan fingerprint density at radius 2 is 1.96 bits per heavy atom. The first kappa shape index (κ1) is 16.4. The molecule has 0 saturated heterocycles. The minimum absolute atomic E-state index is 0.0309. The lowest BCUT2D eigenvalue weighted by Gasteiger charge is -2.29. The summed E-state index contributed by atoms with van der Waals surface area (Å²) >= 11 is 0. The van der Waals surface area contributed by atoms with Crippen LogP contribution >= 0.6 is 0 Å². The van der Waals surface area contributed by atoms with Crippen LogP contribution in [-0.4, -0.2) is 34.2 Å². The molecule has 2 heterocycles. The van der Waals surface area contributed by atoms with Crippen LogP contribution in [0.2, 0.25) is 0 Å². The molecule has 1 N–H and O–H groups in total. The number of carbonyl (C=O) groups excluding carboxylic acids is 1. The first-order chi connectivity index (χ1) is 11.7. The lowest BCUT2D eigenvalue weighted by Crippen LogP contribution is -2.39. The van der Waals surface area contributed by atoms with Crippen LogP contribution in [0, 0.1) is 0 Å². The Bertz CT molecular complexity index is 731.